The highest BCUT2D eigenvalue weighted by Gasteiger charge is 2.27. The van der Waals surface area contributed by atoms with E-state index in [0.29, 0.717) is 6.42 Å². The van der Waals surface area contributed by atoms with Gasteiger partial charge in [0.05, 0.1) is 6.04 Å². The van der Waals surface area contributed by atoms with E-state index < -0.39 is 0 Å². The summed E-state index contributed by atoms with van der Waals surface area (Å²) in [6, 6.07) is 14.6. The molecule has 3 heterocycles. The second kappa shape index (κ2) is 7.09. The first-order chi connectivity index (χ1) is 12.3. The number of fused-ring (bicyclic) bond motifs is 1. The fourth-order valence-electron chi connectivity index (χ4n) is 3.85. The molecule has 1 fully saturated rings. The van der Waals surface area contributed by atoms with Crippen LogP contribution in [0.5, 0.6) is 0 Å². The number of aryl methyl sites for hydroxylation is 1. The molecule has 1 aliphatic heterocycles. The van der Waals surface area contributed by atoms with Crippen molar-refractivity contribution in [2.45, 2.75) is 38.3 Å². The molecule has 4 rings (SSSR count). The minimum absolute atomic E-state index is 0.177. The molecule has 128 valence electrons. The van der Waals surface area contributed by atoms with Gasteiger partial charge in [0.2, 0.25) is 5.91 Å². The molecule has 0 radical (unpaired) electrons. The molecule has 2 aromatic heterocycles. The molecule has 0 saturated carbocycles. The number of para-hydroxylation sites is 1. The predicted molar refractivity (Wildman–Crippen MR) is 99.1 cm³/mol. The van der Waals surface area contributed by atoms with Gasteiger partial charge in [-0.05, 0) is 48.4 Å². The smallest absolute Gasteiger partial charge is 0.224 e. The van der Waals surface area contributed by atoms with Gasteiger partial charge in [-0.1, -0.05) is 24.3 Å². The van der Waals surface area contributed by atoms with Gasteiger partial charge in [0.25, 0.3) is 0 Å². The number of carbonyl (C=O) groups is 1. The van der Waals surface area contributed by atoms with Crippen LogP contribution < -0.4 is 0 Å². The highest BCUT2D eigenvalue weighted by Crippen LogP contribution is 2.31. The number of hydrogen-bond acceptors (Lipinski definition) is 2. The molecule has 1 saturated heterocycles. The Morgan fingerprint density at radius 3 is 2.92 bits per heavy atom. The maximum atomic E-state index is 12.9. The van der Waals surface area contributed by atoms with E-state index in [9.17, 15) is 4.79 Å². The van der Waals surface area contributed by atoms with E-state index in [4.69, 9.17) is 0 Å². The maximum Gasteiger partial charge on any atom is 0.224 e. The van der Waals surface area contributed by atoms with Crippen LogP contribution in [-0.4, -0.2) is 26.9 Å². The lowest BCUT2D eigenvalue weighted by molar-refractivity contribution is -0.135. The van der Waals surface area contributed by atoms with Gasteiger partial charge in [0.1, 0.15) is 0 Å². The average molecular weight is 333 g/mol. The SMILES string of the molecule is O=C(CCn1ccc2ccccc21)N1CCCCC1c1cccnc1. The number of amides is 1. The van der Waals surface area contributed by atoms with Crippen molar-refractivity contribution in [1.29, 1.82) is 0 Å². The summed E-state index contributed by atoms with van der Waals surface area (Å²) in [4.78, 5) is 19.2. The summed E-state index contributed by atoms with van der Waals surface area (Å²) in [6.07, 6.45) is 9.60. The van der Waals surface area contributed by atoms with E-state index >= 15 is 0 Å². The van der Waals surface area contributed by atoms with Crippen LogP contribution in [0.3, 0.4) is 0 Å². The van der Waals surface area contributed by atoms with E-state index in [2.05, 4.69) is 44.9 Å². The largest absolute Gasteiger partial charge is 0.347 e. The van der Waals surface area contributed by atoms with Crippen molar-refractivity contribution in [3.63, 3.8) is 0 Å². The van der Waals surface area contributed by atoms with Gasteiger partial charge >= 0.3 is 0 Å². The zero-order chi connectivity index (χ0) is 17.1. The minimum atomic E-state index is 0.177. The molecular formula is C21H23N3O. The van der Waals surface area contributed by atoms with Crippen molar-refractivity contribution >= 4 is 16.8 Å². The highest BCUT2D eigenvalue weighted by molar-refractivity contribution is 5.80. The van der Waals surface area contributed by atoms with Gasteiger partial charge < -0.3 is 9.47 Å². The zero-order valence-electron chi connectivity index (χ0n) is 14.3. The third kappa shape index (κ3) is 3.29. The Kier molecular flexibility index (Phi) is 4.51. The number of piperidine rings is 1. The zero-order valence-corrected chi connectivity index (χ0v) is 14.3. The molecule has 4 nitrogen and oxygen atoms in total. The monoisotopic (exact) mass is 333 g/mol. The average Bonchev–Trinajstić information content (AvgIpc) is 3.10. The van der Waals surface area contributed by atoms with Crippen LogP contribution in [0, 0.1) is 0 Å². The maximum absolute atomic E-state index is 12.9. The van der Waals surface area contributed by atoms with Crippen molar-refractivity contribution < 1.29 is 4.79 Å². The summed E-state index contributed by atoms with van der Waals surface area (Å²) < 4.78 is 2.18. The van der Waals surface area contributed by atoms with Crippen molar-refractivity contribution in [2.75, 3.05) is 6.54 Å². The first kappa shape index (κ1) is 15.9. The van der Waals surface area contributed by atoms with Crippen LogP contribution in [0.2, 0.25) is 0 Å². The molecule has 0 aliphatic carbocycles. The lowest BCUT2D eigenvalue weighted by Crippen LogP contribution is -2.38. The molecule has 1 unspecified atom stereocenters. The van der Waals surface area contributed by atoms with Gasteiger partial charge in [-0.15, -0.1) is 0 Å². The van der Waals surface area contributed by atoms with Crippen molar-refractivity contribution in [1.82, 2.24) is 14.5 Å². The topological polar surface area (TPSA) is 38.1 Å². The fraction of sp³-hybridized carbons (Fsp3) is 0.333. The third-order valence-electron chi connectivity index (χ3n) is 5.14. The molecule has 1 aromatic carbocycles. The molecule has 3 aromatic rings. The van der Waals surface area contributed by atoms with Gasteiger partial charge in [-0.2, -0.15) is 0 Å². The summed E-state index contributed by atoms with van der Waals surface area (Å²) in [6.45, 7) is 1.58. The van der Waals surface area contributed by atoms with E-state index in [1.165, 1.54) is 17.3 Å². The number of nitrogens with zero attached hydrogens (tertiary/aromatic N) is 3. The predicted octanol–water partition coefficient (Wildman–Crippen LogP) is 4.18. The molecule has 25 heavy (non-hydrogen) atoms. The lowest BCUT2D eigenvalue weighted by Gasteiger charge is -2.36. The first-order valence-corrected chi connectivity index (χ1v) is 9.06. The highest BCUT2D eigenvalue weighted by atomic mass is 16.2. The van der Waals surface area contributed by atoms with Gasteiger partial charge in [-0.3, -0.25) is 9.78 Å². The van der Waals surface area contributed by atoms with Crippen LogP contribution in [0.4, 0.5) is 0 Å². The Labute approximate surface area is 148 Å². The molecule has 4 heteroatoms. The van der Waals surface area contributed by atoms with Crippen molar-refractivity contribution in [3.8, 4) is 0 Å². The molecule has 0 spiro atoms. The Bertz CT molecular complexity index is 856. The van der Waals surface area contributed by atoms with Crippen molar-refractivity contribution in [2.24, 2.45) is 0 Å². The van der Waals surface area contributed by atoms with E-state index in [-0.39, 0.29) is 11.9 Å². The molecular weight excluding hydrogens is 310 g/mol. The molecule has 1 aliphatic rings. The first-order valence-electron chi connectivity index (χ1n) is 9.06. The van der Waals surface area contributed by atoms with E-state index in [0.717, 1.165) is 31.5 Å². The third-order valence-corrected chi connectivity index (χ3v) is 5.14. The Hall–Kier alpha value is -2.62. The second-order valence-corrected chi connectivity index (χ2v) is 6.70. The molecule has 0 N–H and O–H groups in total. The van der Waals surface area contributed by atoms with Crippen LogP contribution >= 0.6 is 0 Å². The van der Waals surface area contributed by atoms with E-state index in [1.807, 2.05) is 24.4 Å². The molecule has 1 atom stereocenters. The number of aromatic nitrogens is 2. The standard InChI is InChI=1S/C21H23N3O/c25-21(11-15-23-14-10-17-6-1-2-8-19(17)23)24-13-4-3-9-20(24)18-7-5-12-22-16-18/h1-2,5-8,10,12,14,16,20H,3-4,9,11,13,15H2. The molecule has 1 amide bonds. The van der Waals surface area contributed by atoms with Crippen LogP contribution in [0.25, 0.3) is 10.9 Å². The second-order valence-electron chi connectivity index (χ2n) is 6.70. The van der Waals surface area contributed by atoms with Gasteiger partial charge in [0, 0.05) is 43.6 Å². The fourth-order valence-corrected chi connectivity index (χ4v) is 3.85. The van der Waals surface area contributed by atoms with Gasteiger partial charge in [-0.25, -0.2) is 0 Å². The summed E-state index contributed by atoms with van der Waals surface area (Å²) in [5.41, 5.74) is 2.35. The normalized spacial score (nSPS) is 17.8. The quantitative estimate of drug-likeness (QED) is 0.718. The number of carbonyl (C=O) groups excluding carboxylic acids is 1. The number of pyridine rings is 1. The Balaban J connectivity index is 1.47. The Morgan fingerprint density at radius 1 is 1.12 bits per heavy atom. The van der Waals surface area contributed by atoms with Crippen LogP contribution in [-0.2, 0) is 11.3 Å². The summed E-state index contributed by atoms with van der Waals surface area (Å²) >= 11 is 0. The minimum Gasteiger partial charge on any atom is -0.347 e. The Morgan fingerprint density at radius 2 is 2.04 bits per heavy atom. The summed E-state index contributed by atoms with van der Waals surface area (Å²) in [7, 11) is 0. The molecule has 0 bridgehead atoms. The number of likely N-dealkylation sites (tertiary alicyclic amines) is 1. The van der Waals surface area contributed by atoms with Crippen molar-refractivity contribution in [3.05, 3.63) is 66.6 Å². The number of rotatable bonds is 4. The van der Waals surface area contributed by atoms with E-state index in [1.54, 1.807) is 6.20 Å². The van der Waals surface area contributed by atoms with Gasteiger partial charge in [0.15, 0.2) is 0 Å². The summed E-state index contributed by atoms with van der Waals surface area (Å²) in [5.74, 6) is 0.242. The van der Waals surface area contributed by atoms with Crippen LogP contribution in [0.1, 0.15) is 37.3 Å². The van der Waals surface area contributed by atoms with Crippen LogP contribution in [0.15, 0.2) is 61.1 Å². The summed E-state index contributed by atoms with van der Waals surface area (Å²) in [5, 5.41) is 1.22. The number of hydrogen-bond donors (Lipinski definition) is 0. The number of benzene rings is 1. The lowest BCUT2D eigenvalue weighted by atomic mass is 9.96.